The molecule has 1 amide bonds. The summed E-state index contributed by atoms with van der Waals surface area (Å²) in [6.07, 6.45) is 0. The summed E-state index contributed by atoms with van der Waals surface area (Å²) in [5.74, 6) is 1.77. The van der Waals surface area contributed by atoms with Crippen molar-refractivity contribution in [3.63, 3.8) is 0 Å². The molecule has 21 heavy (non-hydrogen) atoms. The van der Waals surface area contributed by atoms with Crippen molar-refractivity contribution in [2.24, 2.45) is 0 Å². The molecule has 0 N–H and O–H groups in total. The van der Waals surface area contributed by atoms with E-state index in [4.69, 9.17) is 4.42 Å². The number of carbonyl (C=O) groups excluding carboxylic acids is 1. The maximum Gasteiger partial charge on any atom is 0.236 e. The molecule has 114 valence electrons. The molecule has 4 nitrogen and oxygen atoms in total. The first-order chi connectivity index (χ1) is 9.94. The van der Waals surface area contributed by atoms with Crippen molar-refractivity contribution in [3.05, 3.63) is 44.4 Å². The fourth-order valence-corrected chi connectivity index (χ4v) is 3.57. The first kappa shape index (κ1) is 16.3. The van der Waals surface area contributed by atoms with Crippen molar-refractivity contribution in [2.75, 3.05) is 20.6 Å². The monoisotopic (exact) mass is 370 g/mol. The Labute approximate surface area is 137 Å². The lowest BCUT2D eigenvalue weighted by molar-refractivity contribution is -0.131. The fourth-order valence-electron chi connectivity index (χ4n) is 2.00. The number of likely N-dealkylation sites (N-methyl/N-ethyl adjacent to an activating group) is 2. The SMILES string of the molecule is Cc1ccc(CN(C)C(=O)CN(C)Cc2ccc(Br)s2)o1. The molecule has 0 spiro atoms. The summed E-state index contributed by atoms with van der Waals surface area (Å²) < 4.78 is 6.61. The highest BCUT2D eigenvalue weighted by Gasteiger charge is 2.14. The van der Waals surface area contributed by atoms with Gasteiger partial charge in [-0.3, -0.25) is 9.69 Å². The highest BCUT2D eigenvalue weighted by molar-refractivity contribution is 9.11. The Kier molecular flexibility index (Phi) is 5.61. The van der Waals surface area contributed by atoms with Gasteiger partial charge in [0.25, 0.3) is 0 Å². The van der Waals surface area contributed by atoms with Gasteiger partial charge in [-0.25, -0.2) is 0 Å². The lowest BCUT2D eigenvalue weighted by atomic mass is 10.3. The second-order valence-electron chi connectivity index (χ2n) is 5.14. The molecule has 0 atom stereocenters. The molecule has 0 fully saturated rings. The number of rotatable bonds is 6. The Bertz CT molecular complexity index is 608. The lowest BCUT2D eigenvalue weighted by Crippen LogP contribution is -2.35. The van der Waals surface area contributed by atoms with Crippen molar-refractivity contribution in [1.82, 2.24) is 9.80 Å². The van der Waals surface area contributed by atoms with Gasteiger partial charge in [0.15, 0.2) is 0 Å². The first-order valence-electron chi connectivity index (χ1n) is 6.66. The Morgan fingerprint density at radius 1 is 1.24 bits per heavy atom. The van der Waals surface area contributed by atoms with Crippen LogP contribution < -0.4 is 0 Å². The molecule has 0 unspecified atom stereocenters. The van der Waals surface area contributed by atoms with Gasteiger partial charge in [-0.05, 0) is 54.2 Å². The van der Waals surface area contributed by atoms with Crippen molar-refractivity contribution >= 4 is 33.2 Å². The van der Waals surface area contributed by atoms with E-state index in [1.54, 1.807) is 23.3 Å². The summed E-state index contributed by atoms with van der Waals surface area (Å²) in [4.78, 5) is 17.1. The molecule has 0 saturated heterocycles. The second kappa shape index (κ2) is 7.24. The standard InChI is InChI=1S/C15H19BrN2O2S/c1-11-4-5-12(20-11)8-18(3)15(19)10-17(2)9-13-6-7-14(16)21-13/h4-7H,8-10H2,1-3H3. The van der Waals surface area contributed by atoms with Crippen LogP contribution in [0.4, 0.5) is 0 Å². The van der Waals surface area contributed by atoms with Gasteiger partial charge in [-0.1, -0.05) is 0 Å². The Morgan fingerprint density at radius 3 is 2.57 bits per heavy atom. The summed E-state index contributed by atoms with van der Waals surface area (Å²) >= 11 is 5.14. The largest absolute Gasteiger partial charge is 0.464 e. The van der Waals surface area contributed by atoms with Crippen LogP contribution in [0.25, 0.3) is 0 Å². The summed E-state index contributed by atoms with van der Waals surface area (Å²) in [6.45, 7) is 3.57. The third-order valence-electron chi connectivity index (χ3n) is 3.07. The maximum atomic E-state index is 12.2. The zero-order valence-corrected chi connectivity index (χ0v) is 14.8. The van der Waals surface area contributed by atoms with Gasteiger partial charge in [-0.2, -0.15) is 0 Å². The van der Waals surface area contributed by atoms with Gasteiger partial charge in [0.1, 0.15) is 11.5 Å². The number of carbonyl (C=O) groups is 1. The summed E-state index contributed by atoms with van der Waals surface area (Å²) in [5, 5.41) is 0. The molecule has 2 aromatic rings. The van der Waals surface area contributed by atoms with E-state index >= 15 is 0 Å². The molecule has 0 aromatic carbocycles. The quantitative estimate of drug-likeness (QED) is 0.780. The van der Waals surface area contributed by atoms with Gasteiger partial charge in [-0.15, -0.1) is 11.3 Å². The molecule has 2 rings (SSSR count). The third kappa shape index (κ3) is 4.98. The van der Waals surface area contributed by atoms with Crippen LogP contribution in [0.2, 0.25) is 0 Å². The second-order valence-corrected chi connectivity index (χ2v) is 7.69. The Balaban J connectivity index is 1.82. The third-order valence-corrected chi connectivity index (χ3v) is 4.68. The summed E-state index contributed by atoms with van der Waals surface area (Å²) in [7, 11) is 3.76. The Morgan fingerprint density at radius 2 is 2.00 bits per heavy atom. The number of aryl methyl sites for hydroxylation is 1. The van der Waals surface area contributed by atoms with E-state index in [0.717, 1.165) is 21.9 Å². The van der Waals surface area contributed by atoms with Gasteiger partial charge in [0.05, 0.1) is 16.9 Å². The zero-order valence-electron chi connectivity index (χ0n) is 12.4. The highest BCUT2D eigenvalue weighted by atomic mass is 79.9. The number of hydrogen-bond acceptors (Lipinski definition) is 4. The molecule has 2 aromatic heterocycles. The predicted molar refractivity (Wildman–Crippen MR) is 88.3 cm³/mol. The molecular weight excluding hydrogens is 352 g/mol. The van der Waals surface area contributed by atoms with Crippen LogP contribution in [0.1, 0.15) is 16.4 Å². The first-order valence-corrected chi connectivity index (χ1v) is 8.27. The highest BCUT2D eigenvalue weighted by Crippen LogP contribution is 2.22. The predicted octanol–water partition coefficient (Wildman–Crippen LogP) is 3.50. The molecular formula is C15H19BrN2O2S. The van der Waals surface area contributed by atoms with Crippen molar-refractivity contribution in [1.29, 1.82) is 0 Å². The van der Waals surface area contributed by atoms with Crippen LogP contribution in [0.5, 0.6) is 0 Å². The lowest BCUT2D eigenvalue weighted by Gasteiger charge is -2.20. The number of thiophene rings is 1. The van der Waals surface area contributed by atoms with Gasteiger partial charge < -0.3 is 9.32 Å². The minimum absolute atomic E-state index is 0.0853. The van der Waals surface area contributed by atoms with Gasteiger partial charge in [0.2, 0.25) is 5.91 Å². The maximum absolute atomic E-state index is 12.2. The van der Waals surface area contributed by atoms with E-state index in [1.165, 1.54) is 4.88 Å². The number of hydrogen-bond donors (Lipinski definition) is 0. The number of halogens is 1. The summed E-state index contributed by atoms with van der Waals surface area (Å²) in [5.41, 5.74) is 0. The average molecular weight is 371 g/mol. The minimum Gasteiger partial charge on any atom is -0.464 e. The van der Waals surface area contributed by atoms with E-state index in [9.17, 15) is 4.79 Å². The molecule has 6 heteroatoms. The van der Waals surface area contributed by atoms with Gasteiger partial charge in [0, 0.05) is 18.5 Å². The van der Waals surface area contributed by atoms with E-state index < -0.39 is 0 Å². The van der Waals surface area contributed by atoms with Crippen LogP contribution >= 0.6 is 27.3 Å². The van der Waals surface area contributed by atoms with Crippen LogP contribution in [0, 0.1) is 6.92 Å². The van der Waals surface area contributed by atoms with Crippen LogP contribution in [0.3, 0.4) is 0 Å². The molecule has 0 saturated carbocycles. The fraction of sp³-hybridized carbons (Fsp3) is 0.400. The Hall–Kier alpha value is -1.11. The molecule has 0 aliphatic heterocycles. The van der Waals surface area contributed by atoms with Crippen LogP contribution in [0.15, 0.2) is 32.5 Å². The summed E-state index contributed by atoms with van der Waals surface area (Å²) in [6, 6.07) is 7.92. The van der Waals surface area contributed by atoms with E-state index in [-0.39, 0.29) is 5.91 Å². The number of furan rings is 1. The normalized spacial score (nSPS) is 11.1. The molecule has 2 heterocycles. The molecule has 0 bridgehead atoms. The molecule has 0 aliphatic rings. The van der Waals surface area contributed by atoms with E-state index in [2.05, 4.69) is 22.0 Å². The average Bonchev–Trinajstić information content (AvgIpc) is 2.98. The van der Waals surface area contributed by atoms with Crippen molar-refractivity contribution < 1.29 is 9.21 Å². The topological polar surface area (TPSA) is 36.7 Å². The number of nitrogens with zero attached hydrogens (tertiary/aromatic N) is 2. The molecule has 0 aliphatic carbocycles. The van der Waals surface area contributed by atoms with Crippen molar-refractivity contribution in [3.8, 4) is 0 Å². The van der Waals surface area contributed by atoms with Crippen molar-refractivity contribution in [2.45, 2.75) is 20.0 Å². The minimum atomic E-state index is 0.0853. The van der Waals surface area contributed by atoms with Gasteiger partial charge >= 0.3 is 0 Å². The van der Waals surface area contributed by atoms with Crippen LogP contribution in [-0.2, 0) is 17.9 Å². The van der Waals surface area contributed by atoms with Crippen LogP contribution in [-0.4, -0.2) is 36.3 Å². The van der Waals surface area contributed by atoms with E-state index in [0.29, 0.717) is 13.1 Å². The number of amides is 1. The zero-order chi connectivity index (χ0) is 15.4. The molecule has 0 radical (unpaired) electrons. The smallest absolute Gasteiger partial charge is 0.236 e. The van der Waals surface area contributed by atoms with E-state index in [1.807, 2.05) is 37.1 Å².